The van der Waals surface area contributed by atoms with Gasteiger partial charge in [-0.2, -0.15) is 5.10 Å². The van der Waals surface area contributed by atoms with Crippen LogP contribution in [-0.2, 0) is 19.5 Å². The van der Waals surface area contributed by atoms with Crippen molar-refractivity contribution in [2.24, 2.45) is 4.99 Å². The van der Waals surface area contributed by atoms with Crippen LogP contribution < -0.4 is 10.6 Å². The van der Waals surface area contributed by atoms with Crippen molar-refractivity contribution in [3.8, 4) is 0 Å². The van der Waals surface area contributed by atoms with Crippen LogP contribution in [0.5, 0.6) is 0 Å². The maximum atomic E-state index is 5.91. The van der Waals surface area contributed by atoms with E-state index < -0.39 is 0 Å². The van der Waals surface area contributed by atoms with Crippen molar-refractivity contribution < 1.29 is 0 Å². The highest BCUT2D eigenvalue weighted by molar-refractivity contribution is 14.0. The molecule has 7 heteroatoms. The van der Waals surface area contributed by atoms with Crippen LogP contribution in [0.1, 0.15) is 16.7 Å². The van der Waals surface area contributed by atoms with Crippen LogP contribution >= 0.6 is 35.6 Å². The quantitative estimate of drug-likeness (QED) is 0.286. The Kier molecular flexibility index (Phi) is 9.30. The third-order valence-electron chi connectivity index (χ3n) is 4.18. The monoisotopic (exact) mass is 509 g/mol. The van der Waals surface area contributed by atoms with Crippen LogP contribution in [0, 0.1) is 0 Å². The average Bonchev–Trinajstić information content (AvgIpc) is 3.14. The molecule has 0 aliphatic carbocycles. The van der Waals surface area contributed by atoms with Gasteiger partial charge in [0, 0.05) is 36.9 Å². The number of guanidine groups is 1. The first-order chi connectivity index (χ1) is 13.2. The Labute approximate surface area is 188 Å². The second-order valence-corrected chi connectivity index (χ2v) is 6.70. The number of aliphatic imine (C=N–C) groups is 1. The molecule has 0 bridgehead atoms. The fourth-order valence-electron chi connectivity index (χ4n) is 2.74. The van der Waals surface area contributed by atoms with Crippen molar-refractivity contribution in [3.63, 3.8) is 0 Å². The van der Waals surface area contributed by atoms with Gasteiger partial charge in [0.2, 0.25) is 0 Å². The predicted octanol–water partition coefficient (Wildman–Crippen LogP) is 4.11. The molecule has 0 aliphatic rings. The molecule has 5 nitrogen and oxygen atoms in total. The Bertz CT molecular complexity index is 862. The van der Waals surface area contributed by atoms with E-state index in [1.807, 2.05) is 53.3 Å². The Balaban J connectivity index is 0.00000280. The largest absolute Gasteiger partial charge is 0.356 e. The van der Waals surface area contributed by atoms with Gasteiger partial charge >= 0.3 is 0 Å². The molecule has 2 N–H and O–H groups in total. The lowest BCUT2D eigenvalue weighted by atomic mass is 10.1. The summed E-state index contributed by atoms with van der Waals surface area (Å²) in [7, 11) is 1.77. The third-order valence-corrected chi connectivity index (χ3v) is 4.43. The first kappa shape index (κ1) is 22.2. The van der Waals surface area contributed by atoms with Crippen molar-refractivity contribution in [2.75, 3.05) is 13.6 Å². The van der Waals surface area contributed by atoms with Crippen molar-refractivity contribution in [1.82, 2.24) is 20.4 Å². The molecule has 3 rings (SSSR count). The highest BCUT2D eigenvalue weighted by Gasteiger charge is 2.02. The van der Waals surface area contributed by atoms with Gasteiger partial charge in [-0.05, 0) is 29.7 Å². The topological polar surface area (TPSA) is 54.2 Å². The summed E-state index contributed by atoms with van der Waals surface area (Å²) in [6.45, 7) is 2.25. The summed E-state index contributed by atoms with van der Waals surface area (Å²) in [5.41, 5.74) is 3.59. The molecule has 1 aromatic heterocycles. The van der Waals surface area contributed by atoms with E-state index in [9.17, 15) is 0 Å². The van der Waals surface area contributed by atoms with Crippen LogP contribution in [0.25, 0.3) is 0 Å². The highest BCUT2D eigenvalue weighted by Crippen LogP contribution is 2.09. The molecule has 0 saturated heterocycles. The van der Waals surface area contributed by atoms with E-state index >= 15 is 0 Å². The first-order valence-electron chi connectivity index (χ1n) is 8.97. The molecule has 148 valence electrons. The van der Waals surface area contributed by atoms with Gasteiger partial charge in [-0.25, -0.2) is 0 Å². The molecule has 3 aromatic rings. The van der Waals surface area contributed by atoms with Gasteiger partial charge in [-0.1, -0.05) is 54.1 Å². The van der Waals surface area contributed by atoms with E-state index in [-0.39, 0.29) is 24.0 Å². The number of nitrogens with zero attached hydrogens (tertiary/aromatic N) is 3. The lowest BCUT2D eigenvalue weighted by molar-refractivity contribution is 0.685. The van der Waals surface area contributed by atoms with Gasteiger partial charge in [0.15, 0.2) is 5.96 Å². The van der Waals surface area contributed by atoms with Crippen molar-refractivity contribution in [1.29, 1.82) is 0 Å². The van der Waals surface area contributed by atoms with Crippen molar-refractivity contribution in [2.45, 2.75) is 19.5 Å². The minimum Gasteiger partial charge on any atom is -0.356 e. The lowest BCUT2D eigenvalue weighted by Crippen LogP contribution is -2.37. The zero-order valence-corrected chi connectivity index (χ0v) is 18.9. The molecule has 28 heavy (non-hydrogen) atoms. The van der Waals surface area contributed by atoms with Gasteiger partial charge in [-0.15, -0.1) is 24.0 Å². The fourth-order valence-corrected chi connectivity index (χ4v) is 2.86. The summed E-state index contributed by atoms with van der Waals surface area (Å²) in [4.78, 5) is 4.27. The van der Waals surface area contributed by atoms with Crippen molar-refractivity contribution >= 4 is 41.5 Å². The molecule has 0 amide bonds. The maximum Gasteiger partial charge on any atom is 0.191 e. The summed E-state index contributed by atoms with van der Waals surface area (Å²) in [5.74, 6) is 0.778. The van der Waals surface area contributed by atoms with E-state index in [2.05, 4.69) is 39.1 Å². The number of nitrogens with one attached hydrogen (secondary N) is 2. The highest BCUT2D eigenvalue weighted by atomic mass is 127. The van der Waals surface area contributed by atoms with Gasteiger partial charge < -0.3 is 10.6 Å². The van der Waals surface area contributed by atoms with E-state index in [0.29, 0.717) is 6.54 Å². The number of aromatic nitrogens is 2. The second kappa shape index (κ2) is 11.7. The third kappa shape index (κ3) is 7.16. The molecule has 0 fully saturated rings. The normalized spacial score (nSPS) is 11.0. The van der Waals surface area contributed by atoms with Gasteiger partial charge in [-0.3, -0.25) is 9.67 Å². The average molecular weight is 510 g/mol. The summed E-state index contributed by atoms with van der Waals surface area (Å²) in [6, 6.07) is 18.2. The van der Waals surface area contributed by atoms with E-state index in [1.165, 1.54) is 11.1 Å². The van der Waals surface area contributed by atoms with Crippen LogP contribution in [0.4, 0.5) is 0 Å². The molecular formula is C21H25ClIN5. The lowest BCUT2D eigenvalue weighted by Gasteiger charge is -2.11. The SMILES string of the molecule is CN=C(NCCc1ccc(Cl)cc1)NCc1cnn(Cc2ccccc2)c1.I. The number of benzene rings is 2. The number of rotatable bonds is 7. The zero-order chi connectivity index (χ0) is 18.9. The maximum absolute atomic E-state index is 5.91. The van der Waals surface area contributed by atoms with E-state index in [4.69, 9.17) is 11.6 Å². The molecule has 0 saturated carbocycles. The Morgan fingerprint density at radius 2 is 1.75 bits per heavy atom. The molecule has 1 heterocycles. The molecule has 0 atom stereocenters. The number of halogens is 2. The molecule has 0 spiro atoms. The summed E-state index contributed by atoms with van der Waals surface area (Å²) >= 11 is 5.91. The number of hydrogen-bond donors (Lipinski definition) is 2. The fraction of sp³-hybridized carbons (Fsp3) is 0.238. The van der Waals surface area contributed by atoms with Crippen LogP contribution in [-0.4, -0.2) is 29.3 Å². The van der Waals surface area contributed by atoms with Crippen LogP contribution in [0.2, 0.25) is 5.02 Å². The minimum absolute atomic E-state index is 0. The van der Waals surface area contributed by atoms with Gasteiger partial charge in [0.05, 0.1) is 12.7 Å². The molecule has 0 aliphatic heterocycles. The Morgan fingerprint density at radius 1 is 1.00 bits per heavy atom. The van der Waals surface area contributed by atoms with Gasteiger partial charge in [0.25, 0.3) is 0 Å². The van der Waals surface area contributed by atoms with Crippen LogP contribution in [0.15, 0.2) is 72.0 Å². The summed E-state index contributed by atoms with van der Waals surface area (Å²) in [5, 5.41) is 11.8. The second-order valence-electron chi connectivity index (χ2n) is 6.26. The number of hydrogen-bond acceptors (Lipinski definition) is 2. The van der Waals surface area contributed by atoms with E-state index in [0.717, 1.165) is 36.1 Å². The van der Waals surface area contributed by atoms with Crippen molar-refractivity contribution in [3.05, 3.63) is 88.7 Å². The minimum atomic E-state index is 0. The predicted molar refractivity (Wildman–Crippen MR) is 127 cm³/mol. The molecule has 0 unspecified atom stereocenters. The molecular weight excluding hydrogens is 485 g/mol. The Hall–Kier alpha value is -2.06. The molecule has 2 aromatic carbocycles. The summed E-state index contributed by atoms with van der Waals surface area (Å²) in [6.07, 6.45) is 4.85. The smallest absolute Gasteiger partial charge is 0.191 e. The zero-order valence-electron chi connectivity index (χ0n) is 15.8. The standard InChI is InChI=1S/C21H24ClN5.HI/c1-23-21(24-12-11-17-7-9-20(22)10-8-17)25-13-19-14-26-27(16-19)15-18-5-3-2-4-6-18;/h2-10,14,16H,11-13,15H2,1H3,(H2,23,24,25);1H. The Morgan fingerprint density at radius 3 is 2.46 bits per heavy atom. The van der Waals surface area contributed by atoms with Crippen LogP contribution in [0.3, 0.4) is 0 Å². The molecule has 0 radical (unpaired) electrons. The summed E-state index contributed by atoms with van der Waals surface area (Å²) < 4.78 is 1.95. The first-order valence-corrected chi connectivity index (χ1v) is 9.35. The van der Waals surface area contributed by atoms with E-state index in [1.54, 1.807) is 7.05 Å². The van der Waals surface area contributed by atoms with Gasteiger partial charge in [0.1, 0.15) is 0 Å².